The van der Waals surface area contributed by atoms with E-state index in [4.69, 9.17) is 39.1 Å². The van der Waals surface area contributed by atoms with Crippen LogP contribution in [0.4, 0.5) is 0 Å². The van der Waals surface area contributed by atoms with E-state index in [9.17, 15) is 4.79 Å². The number of terminal acetylenes is 1. The van der Waals surface area contributed by atoms with Crippen molar-refractivity contribution in [3.8, 4) is 23.8 Å². The number of ether oxygens (including phenoxy) is 2. The van der Waals surface area contributed by atoms with Crippen molar-refractivity contribution in [3.63, 3.8) is 0 Å². The van der Waals surface area contributed by atoms with Crippen LogP contribution in [0.2, 0.25) is 10.0 Å². The minimum absolute atomic E-state index is 0.128. The van der Waals surface area contributed by atoms with Crippen molar-refractivity contribution in [2.24, 2.45) is 5.10 Å². The van der Waals surface area contributed by atoms with Gasteiger partial charge in [-0.2, -0.15) is 5.10 Å². The van der Waals surface area contributed by atoms with Gasteiger partial charge in [0.15, 0.2) is 6.61 Å². The van der Waals surface area contributed by atoms with Crippen LogP contribution in [0.15, 0.2) is 46.0 Å². The van der Waals surface area contributed by atoms with Crippen molar-refractivity contribution < 1.29 is 14.3 Å². The quantitative estimate of drug-likeness (QED) is 0.384. The number of nitrogens with one attached hydrogen (secondary N) is 1. The van der Waals surface area contributed by atoms with Crippen molar-refractivity contribution in [1.29, 1.82) is 0 Å². The first-order valence-corrected chi connectivity index (χ1v) is 8.80. The molecule has 0 unspecified atom stereocenters. The molecule has 0 heterocycles. The van der Waals surface area contributed by atoms with E-state index in [1.807, 2.05) is 6.07 Å². The van der Waals surface area contributed by atoms with Crippen molar-refractivity contribution in [2.45, 2.75) is 0 Å². The van der Waals surface area contributed by atoms with Gasteiger partial charge in [0, 0.05) is 10.0 Å². The van der Waals surface area contributed by atoms with Gasteiger partial charge in [-0.15, -0.1) is 6.42 Å². The summed E-state index contributed by atoms with van der Waals surface area (Å²) in [7, 11) is 0. The van der Waals surface area contributed by atoms with Crippen molar-refractivity contribution in [1.82, 2.24) is 5.43 Å². The zero-order valence-corrected chi connectivity index (χ0v) is 16.4. The Morgan fingerprint density at radius 3 is 2.85 bits per heavy atom. The Morgan fingerprint density at radius 1 is 1.27 bits per heavy atom. The van der Waals surface area contributed by atoms with Crippen LogP contribution in [0.1, 0.15) is 5.56 Å². The summed E-state index contributed by atoms with van der Waals surface area (Å²) in [5, 5.41) is 4.48. The van der Waals surface area contributed by atoms with Crippen molar-refractivity contribution in [3.05, 3.63) is 56.5 Å². The number of benzene rings is 2. The van der Waals surface area contributed by atoms with Crippen LogP contribution in [0.3, 0.4) is 0 Å². The highest BCUT2D eigenvalue weighted by Crippen LogP contribution is 2.31. The summed E-state index contributed by atoms with van der Waals surface area (Å²) in [5.41, 5.74) is 3.00. The molecule has 2 aromatic rings. The Labute approximate surface area is 169 Å². The van der Waals surface area contributed by atoms with E-state index < -0.39 is 5.91 Å². The van der Waals surface area contributed by atoms with E-state index in [1.54, 1.807) is 30.3 Å². The van der Waals surface area contributed by atoms with E-state index in [-0.39, 0.29) is 18.2 Å². The Balaban J connectivity index is 1.93. The van der Waals surface area contributed by atoms with Crippen LogP contribution >= 0.6 is 39.1 Å². The third-order valence-electron chi connectivity index (χ3n) is 2.95. The number of halogens is 3. The molecule has 0 aromatic heterocycles. The molecule has 1 N–H and O–H groups in total. The molecule has 5 nitrogen and oxygen atoms in total. The number of carbonyl (C=O) groups excluding carboxylic acids is 1. The normalized spacial score (nSPS) is 10.4. The molecule has 2 rings (SSSR count). The summed E-state index contributed by atoms with van der Waals surface area (Å²) in [4.78, 5) is 11.8. The Bertz CT molecular complexity index is 866. The minimum atomic E-state index is -0.460. The van der Waals surface area contributed by atoms with E-state index in [0.717, 1.165) is 4.47 Å². The molecule has 0 aliphatic rings. The molecule has 0 saturated heterocycles. The van der Waals surface area contributed by atoms with Gasteiger partial charge in [-0.05, 0) is 30.3 Å². The topological polar surface area (TPSA) is 59.9 Å². The van der Waals surface area contributed by atoms with Gasteiger partial charge in [0.1, 0.15) is 23.1 Å². The highest BCUT2D eigenvalue weighted by atomic mass is 79.9. The van der Waals surface area contributed by atoms with Crippen LogP contribution in [0.5, 0.6) is 11.5 Å². The largest absolute Gasteiger partial charge is 0.482 e. The van der Waals surface area contributed by atoms with Crippen LogP contribution in [-0.2, 0) is 4.79 Å². The average molecular weight is 456 g/mol. The first-order chi connectivity index (χ1) is 12.5. The number of hydrogen-bond acceptors (Lipinski definition) is 4. The standard InChI is InChI=1S/C18H13BrCl2N2O3/c1-2-8-25-15-7-6-13(19)9-12(15)10-22-23-17(24)11-26-16-5-3-4-14(20)18(16)21/h1,3-7,9-10H,8,11H2,(H,23,24)/b22-10+. The fourth-order valence-corrected chi connectivity index (χ4v) is 2.54. The van der Waals surface area contributed by atoms with Crippen molar-refractivity contribution in [2.75, 3.05) is 13.2 Å². The summed E-state index contributed by atoms with van der Waals surface area (Å²) < 4.78 is 11.6. The molecule has 2 aromatic carbocycles. The monoisotopic (exact) mass is 454 g/mol. The van der Waals surface area contributed by atoms with Gasteiger partial charge in [-0.1, -0.05) is 51.1 Å². The maximum atomic E-state index is 11.8. The fraction of sp³-hybridized carbons (Fsp3) is 0.111. The van der Waals surface area contributed by atoms with Crippen LogP contribution < -0.4 is 14.9 Å². The zero-order chi connectivity index (χ0) is 18.9. The summed E-state index contributed by atoms with van der Waals surface area (Å²) in [6, 6.07) is 10.2. The van der Waals surface area contributed by atoms with E-state index in [2.05, 4.69) is 32.4 Å². The van der Waals surface area contributed by atoms with E-state index >= 15 is 0 Å². The second-order valence-electron chi connectivity index (χ2n) is 4.81. The van der Waals surface area contributed by atoms with Crippen LogP contribution in [-0.4, -0.2) is 25.3 Å². The van der Waals surface area contributed by atoms with Gasteiger partial charge in [0.05, 0.1) is 11.2 Å². The Kier molecular flexibility index (Phi) is 7.79. The zero-order valence-electron chi connectivity index (χ0n) is 13.3. The lowest BCUT2D eigenvalue weighted by atomic mass is 10.2. The summed E-state index contributed by atoms with van der Waals surface area (Å²) in [6.07, 6.45) is 6.64. The first kappa shape index (κ1) is 20.1. The van der Waals surface area contributed by atoms with Gasteiger partial charge in [-0.3, -0.25) is 4.79 Å². The SMILES string of the molecule is C#CCOc1ccc(Br)cc1/C=N/NC(=O)COc1cccc(Cl)c1Cl. The average Bonchev–Trinajstić information content (AvgIpc) is 2.62. The molecule has 8 heteroatoms. The molecule has 0 atom stereocenters. The molecule has 134 valence electrons. The molecule has 0 aliphatic carbocycles. The molecule has 0 saturated carbocycles. The highest BCUT2D eigenvalue weighted by molar-refractivity contribution is 9.10. The maximum Gasteiger partial charge on any atom is 0.277 e. The predicted octanol–water partition coefficient (Wildman–Crippen LogP) is 4.30. The number of hydrazone groups is 1. The third kappa shape index (κ3) is 5.95. The van der Waals surface area contributed by atoms with Gasteiger partial charge < -0.3 is 9.47 Å². The van der Waals surface area contributed by atoms with Gasteiger partial charge in [0.2, 0.25) is 0 Å². The second-order valence-corrected chi connectivity index (χ2v) is 6.51. The van der Waals surface area contributed by atoms with Gasteiger partial charge >= 0.3 is 0 Å². The summed E-state index contributed by atoms with van der Waals surface area (Å²) in [6.45, 7) is -0.139. The molecule has 0 aliphatic heterocycles. The lowest BCUT2D eigenvalue weighted by Crippen LogP contribution is -2.24. The summed E-state index contributed by atoms with van der Waals surface area (Å²) in [5.74, 6) is 2.79. The molecule has 0 radical (unpaired) electrons. The maximum absolute atomic E-state index is 11.8. The number of carbonyl (C=O) groups is 1. The molecule has 0 fully saturated rings. The third-order valence-corrected chi connectivity index (χ3v) is 4.25. The predicted molar refractivity (Wildman–Crippen MR) is 106 cm³/mol. The molecule has 0 spiro atoms. The molecule has 26 heavy (non-hydrogen) atoms. The van der Waals surface area contributed by atoms with Crippen LogP contribution in [0.25, 0.3) is 0 Å². The van der Waals surface area contributed by atoms with E-state index in [0.29, 0.717) is 22.1 Å². The van der Waals surface area contributed by atoms with Crippen LogP contribution in [0, 0.1) is 12.3 Å². The smallest absolute Gasteiger partial charge is 0.277 e. The first-order valence-electron chi connectivity index (χ1n) is 7.25. The van der Waals surface area contributed by atoms with Gasteiger partial charge in [-0.25, -0.2) is 5.43 Å². The summed E-state index contributed by atoms with van der Waals surface area (Å²) >= 11 is 15.2. The number of rotatable bonds is 7. The van der Waals surface area contributed by atoms with Crippen molar-refractivity contribution >= 4 is 51.3 Å². The fourth-order valence-electron chi connectivity index (χ4n) is 1.82. The van der Waals surface area contributed by atoms with E-state index in [1.165, 1.54) is 6.21 Å². The number of amides is 1. The Morgan fingerprint density at radius 2 is 2.08 bits per heavy atom. The molecule has 0 bridgehead atoms. The second kappa shape index (κ2) is 10.1. The Hall–Kier alpha value is -2.20. The lowest BCUT2D eigenvalue weighted by Gasteiger charge is -2.08. The molecular formula is C18H13BrCl2N2O3. The minimum Gasteiger partial charge on any atom is -0.482 e. The number of hydrogen-bond donors (Lipinski definition) is 1. The molecular weight excluding hydrogens is 443 g/mol. The highest BCUT2D eigenvalue weighted by Gasteiger charge is 2.08. The number of nitrogens with zero attached hydrogens (tertiary/aromatic N) is 1. The van der Waals surface area contributed by atoms with Gasteiger partial charge in [0.25, 0.3) is 5.91 Å². The molecule has 1 amide bonds. The lowest BCUT2D eigenvalue weighted by molar-refractivity contribution is -0.123.